The van der Waals surface area contributed by atoms with Gasteiger partial charge >= 0.3 is 0 Å². The van der Waals surface area contributed by atoms with Gasteiger partial charge in [0.1, 0.15) is 0 Å². The van der Waals surface area contributed by atoms with E-state index in [4.69, 9.17) is 5.73 Å². The number of nitrogens with two attached hydrogens (primary N) is 1. The first-order chi connectivity index (χ1) is 8.01. The molecule has 0 unspecified atom stereocenters. The van der Waals surface area contributed by atoms with Gasteiger partial charge in [0.25, 0.3) is 0 Å². The van der Waals surface area contributed by atoms with Crippen LogP contribution in [0.2, 0.25) is 0 Å². The van der Waals surface area contributed by atoms with Crippen molar-refractivity contribution < 1.29 is 8.42 Å². The second-order valence-corrected chi connectivity index (χ2v) is 6.77. The molecule has 90 valence electrons. The Hall–Kier alpha value is -1.13. The van der Waals surface area contributed by atoms with Crippen molar-refractivity contribution >= 4 is 15.9 Å². The number of sulfone groups is 1. The van der Waals surface area contributed by atoms with Gasteiger partial charge < -0.3 is 5.73 Å². The first-order valence-corrected chi connectivity index (χ1v) is 7.43. The van der Waals surface area contributed by atoms with E-state index in [1.807, 2.05) is 12.1 Å². The Labute approximate surface area is 101 Å². The maximum Gasteiger partial charge on any atom is 0.200 e. The molecule has 0 radical (unpaired) electrons. The van der Waals surface area contributed by atoms with Crippen LogP contribution in [0.15, 0.2) is 28.5 Å². The zero-order valence-corrected chi connectivity index (χ0v) is 10.3. The summed E-state index contributed by atoms with van der Waals surface area (Å²) in [5, 5.41) is 1.26. The van der Waals surface area contributed by atoms with Crippen LogP contribution in [0.1, 0.15) is 36.8 Å². The monoisotopic (exact) mass is 249 g/mol. The van der Waals surface area contributed by atoms with E-state index in [-0.39, 0.29) is 5.54 Å². The Bertz CT molecular complexity index is 596. The van der Waals surface area contributed by atoms with Crippen LogP contribution in [-0.2, 0) is 15.4 Å². The zero-order chi connectivity index (χ0) is 12.1. The molecule has 0 aromatic heterocycles. The Balaban J connectivity index is 2.09. The summed E-state index contributed by atoms with van der Waals surface area (Å²) in [4.78, 5) is 0.405. The summed E-state index contributed by atoms with van der Waals surface area (Å²) >= 11 is 0. The molecule has 1 aliphatic heterocycles. The Morgan fingerprint density at radius 2 is 1.88 bits per heavy atom. The molecule has 1 heterocycles. The fourth-order valence-corrected chi connectivity index (χ4v) is 3.96. The molecule has 3 nitrogen and oxygen atoms in total. The quantitative estimate of drug-likeness (QED) is 0.829. The average Bonchev–Trinajstić information content (AvgIpc) is 2.85. The van der Waals surface area contributed by atoms with E-state index in [0.29, 0.717) is 4.90 Å². The highest BCUT2D eigenvalue weighted by Crippen LogP contribution is 2.38. The number of benzene rings is 1. The molecule has 1 aliphatic carbocycles. The highest BCUT2D eigenvalue weighted by Gasteiger charge is 2.32. The smallest absolute Gasteiger partial charge is 0.200 e. The lowest BCUT2D eigenvalue weighted by atomic mass is 9.88. The number of rotatable bonds is 1. The van der Waals surface area contributed by atoms with E-state index in [2.05, 4.69) is 0 Å². The SMILES string of the molecule is NC1(c2ccc3c(c2)C=CS3(=O)=O)CCCC1. The van der Waals surface area contributed by atoms with Crippen LogP contribution in [0.25, 0.3) is 6.08 Å². The third-order valence-electron chi connectivity index (χ3n) is 3.81. The predicted octanol–water partition coefficient (Wildman–Crippen LogP) is 2.17. The summed E-state index contributed by atoms with van der Waals surface area (Å²) in [5.74, 6) is 0. The lowest BCUT2D eigenvalue weighted by molar-refractivity contribution is 0.461. The van der Waals surface area contributed by atoms with Gasteiger partial charge in [-0.1, -0.05) is 18.9 Å². The van der Waals surface area contributed by atoms with E-state index in [9.17, 15) is 8.42 Å². The average molecular weight is 249 g/mol. The molecular formula is C13H15NO2S. The number of fused-ring (bicyclic) bond motifs is 1. The largest absolute Gasteiger partial charge is 0.321 e. The normalized spacial score (nSPS) is 23.8. The molecule has 0 amide bonds. The third kappa shape index (κ3) is 1.63. The van der Waals surface area contributed by atoms with Crippen molar-refractivity contribution in [2.75, 3.05) is 0 Å². The summed E-state index contributed by atoms with van der Waals surface area (Å²) in [6.07, 6.45) is 5.94. The van der Waals surface area contributed by atoms with Crippen molar-refractivity contribution in [2.24, 2.45) is 5.73 Å². The van der Waals surface area contributed by atoms with E-state index < -0.39 is 9.84 Å². The molecule has 17 heavy (non-hydrogen) atoms. The molecule has 0 bridgehead atoms. The van der Waals surface area contributed by atoms with Gasteiger partial charge in [0.2, 0.25) is 0 Å². The Kier molecular flexibility index (Phi) is 2.22. The van der Waals surface area contributed by atoms with Crippen LogP contribution < -0.4 is 5.73 Å². The van der Waals surface area contributed by atoms with Gasteiger partial charge in [-0.05, 0) is 42.2 Å². The molecule has 2 aliphatic rings. The molecule has 0 atom stereocenters. The van der Waals surface area contributed by atoms with E-state index in [1.54, 1.807) is 12.1 Å². The van der Waals surface area contributed by atoms with E-state index in [1.165, 1.54) is 5.41 Å². The van der Waals surface area contributed by atoms with Crippen molar-refractivity contribution in [3.63, 3.8) is 0 Å². The van der Waals surface area contributed by atoms with Gasteiger partial charge in [-0.25, -0.2) is 8.42 Å². The fourth-order valence-electron chi connectivity index (χ4n) is 2.78. The first-order valence-electron chi connectivity index (χ1n) is 5.88. The van der Waals surface area contributed by atoms with Crippen molar-refractivity contribution in [2.45, 2.75) is 36.1 Å². The Morgan fingerprint density at radius 3 is 2.59 bits per heavy atom. The minimum Gasteiger partial charge on any atom is -0.321 e. The van der Waals surface area contributed by atoms with Gasteiger partial charge in [-0.15, -0.1) is 0 Å². The lowest BCUT2D eigenvalue weighted by Crippen LogP contribution is -2.33. The van der Waals surface area contributed by atoms with Crippen molar-refractivity contribution in [3.05, 3.63) is 34.7 Å². The Morgan fingerprint density at radius 1 is 1.18 bits per heavy atom. The zero-order valence-electron chi connectivity index (χ0n) is 9.52. The van der Waals surface area contributed by atoms with Gasteiger partial charge in [0.15, 0.2) is 9.84 Å². The van der Waals surface area contributed by atoms with Crippen LogP contribution in [-0.4, -0.2) is 8.42 Å². The van der Waals surface area contributed by atoms with Crippen molar-refractivity contribution in [1.82, 2.24) is 0 Å². The molecule has 3 rings (SSSR count). The molecule has 1 saturated carbocycles. The first kappa shape index (κ1) is 11.0. The topological polar surface area (TPSA) is 60.2 Å². The summed E-state index contributed by atoms with van der Waals surface area (Å²) in [5.41, 5.74) is 7.96. The van der Waals surface area contributed by atoms with Crippen molar-refractivity contribution in [3.8, 4) is 0 Å². The molecule has 2 N–H and O–H groups in total. The lowest BCUT2D eigenvalue weighted by Gasteiger charge is -2.24. The predicted molar refractivity (Wildman–Crippen MR) is 67.0 cm³/mol. The van der Waals surface area contributed by atoms with Crippen LogP contribution in [0, 0.1) is 0 Å². The molecule has 4 heteroatoms. The fraction of sp³-hybridized carbons (Fsp3) is 0.385. The molecular weight excluding hydrogens is 234 g/mol. The maximum absolute atomic E-state index is 11.6. The second-order valence-electron chi connectivity index (χ2n) is 4.96. The summed E-state index contributed by atoms with van der Waals surface area (Å²) in [6.45, 7) is 0. The molecule has 0 saturated heterocycles. The highest BCUT2D eigenvalue weighted by molar-refractivity contribution is 7.94. The van der Waals surface area contributed by atoms with Crippen LogP contribution in [0.5, 0.6) is 0 Å². The molecule has 1 fully saturated rings. The minimum absolute atomic E-state index is 0.255. The standard InChI is InChI=1S/C13H15NO2S/c14-13(6-1-2-7-13)11-3-4-12-10(9-11)5-8-17(12,15)16/h3-5,8-9H,1-2,6-7,14H2. The number of hydrogen-bond donors (Lipinski definition) is 1. The van der Waals surface area contributed by atoms with Crippen LogP contribution in [0.3, 0.4) is 0 Å². The van der Waals surface area contributed by atoms with Gasteiger partial charge in [0.05, 0.1) is 4.90 Å². The van der Waals surface area contributed by atoms with Crippen molar-refractivity contribution in [1.29, 1.82) is 0 Å². The summed E-state index contributed by atoms with van der Waals surface area (Å²) in [6, 6.07) is 5.49. The second kappa shape index (κ2) is 3.43. The van der Waals surface area contributed by atoms with Crippen LogP contribution in [0.4, 0.5) is 0 Å². The maximum atomic E-state index is 11.6. The molecule has 0 spiro atoms. The van der Waals surface area contributed by atoms with E-state index in [0.717, 1.165) is 36.8 Å². The molecule has 1 aromatic rings. The van der Waals surface area contributed by atoms with Gasteiger partial charge in [0, 0.05) is 10.9 Å². The van der Waals surface area contributed by atoms with Gasteiger partial charge in [-0.2, -0.15) is 0 Å². The molecule has 1 aromatic carbocycles. The van der Waals surface area contributed by atoms with E-state index >= 15 is 0 Å². The number of hydrogen-bond acceptors (Lipinski definition) is 3. The third-order valence-corrected chi connectivity index (χ3v) is 5.29. The van der Waals surface area contributed by atoms with Gasteiger partial charge in [-0.3, -0.25) is 0 Å². The summed E-state index contributed by atoms with van der Waals surface area (Å²) < 4.78 is 23.3. The van der Waals surface area contributed by atoms with Crippen LogP contribution >= 0.6 is 0 Å². The highest BCUT2D eigenvalue weighted by atomic mass is 32.2. The minimum atomic E-state index is -3.19. The summed E-state index contributed by atoms with van der Waals surface area (Å²) in [7, 11) is -3.19.